The largest absolute Gasteiger partial charge is 0.325 e. The van der Waals surface area contributed by atoms with Gasteiger partial charge in [0.15, 0.2) is 5.82 Å². The minimum atomic E-state index is -0.0829. The van der Waals surface area contributed by atoms with Gasteiger partial charge in [-0.3, -0.25) is 4.79 Å². The van der Waals surface area contributed by atoms with Crippen molar-refractivity contribution in [2.45, 2.75) is 37.8 Å². The molecule has 2 aliphatic rings. The Morgan fingerprint density at radius 2 is 2.23 bits per heavy atom. The highest BCUT2D eigenvalue weighted by Gasteiger charge is 2.28. The van der Waals surface area contributed by atoms with Gasteiger partial charge in [-0.1, -0.05) is 12.1 Å². The highest BCUT2D eigenvalue weighted by molar-refractivity contribution is 5.95. The molecular weight excluding hydrogens is 280 g/mol. The first-order chi connectivity index (χ1) is 10.8. The fraction of sp³-hybridized carbons (Fsp3) is 0.467. The van der Waals surface area contributed by atoms with E-state index in [9.17, 15) is 4.79 Å². The highest BCUT2D eigenvalue weighted by atomic mass is 16.2. The summed E-state index contributed by atoms with van der Waals surface area (Å²) in [4.78, 5) is 12.2. The molecule has 7 nitrogen and oxygen atoms in total. The van der Waals surface area contributed by atoms with Gasteiger partial charge in [-0.2, -0.15) is 0 Å². The summed E-state index contributed by atoms with van der Waals surface area (Å²) in [5.41, 5.74) is 1.70. The summed E-state index contributed by atoms with van der Waals surface area (Å²) < 4.78 is 1.87. The molecule has 0 radical (unpaired) electrons. The summed E-state index contributed by atoms with van der Waals surface area (Å²) in [5, 5.41) is 18.1. The van der Waals surface area contributed by atoms with Crippen molar-refractivity contribution in [3.8, 4) is 11.4 Å². The highest BCUT2D eigenvalue weighted by Crippen LogP contribution is 2.36. The van der Waals surface area contributed by atoms with Crippen LogP contribution in [0.25, 0.3) is 11.4 Å². The molecule has 1 aromatic carbocycles. The van der Waals surface area contributed by atoms with Gasteiger partial charge in [0.2, 0.25) is 5.91 Å². The van der Waals surface area contributed by atoms with Gasteiger partial charge in [0, 0.05) is 11.3 Å². The topological polar surface area (TPSA) is 84.7 Å². The monoisotopic (exact) mass is 298 g/mol. The number of carbonyl (C=O) groups excluding carboxylic acids is 1. The fourth-order valence-corrected chi connectivity index (χ4v) is 2.82. The first-order valence-corrected chi connectivity index (χ1v) is 7.74. The number of amides is 1. The molecule has 4 rings (SSSR count). The van der Waals surface area contributed by atoms with Crippen molar-refractivity contribution in [3.05, 3.63) is 24.3 Å². The van der Waals surface area contributed by atoms with E-state index in [1.54, 1.807) is 0 Å². The molecule has 2 N–H and O–H groups in total. The Hall–Kier alpha value is -2.28. The Labute approximate surface area is 128 Å². The maximum Gasteiger partial charge on any atom is 0.241 e. The van der Waals surface area contributed by atoms with Gasteiger partial charge in [0.05, 0.1) is 12.1 Å². The molecule has 1 unspecified atom stereocenters. The number of hydrogen-bond donors (Lipinski definition) is 2. The Kier molecular flexibility index (Phi) is 3.34. The van der Waals surface area contributed by atoms with Crippen molar-refractivity contribution in [3.63, 3.8) is 0 Å². The van der Waals surface area contributed by atoms with Gasteiger partial charge in [0.1, 0.15) is 0 Å². The van der Waals surface area contributed by atoms with Crippen molar-refractivity contribution < 1.29 is 4.79 Å². The summed E-state index contributed by atoms with van der Waals surface area (Å²) in [6.45, 7) is 0.911. The van der Waals surface area contributed by atoms with Gasteiger partial charge >= 0.3 is 0 Å². The molecule has 1 atom stereocenters. The number of anilines is 1. The van der Waals surface area contributed by atoms with E-state index in [4.69, 9.17) is 0 Å². The molecule has 1 aliphatic heterocycles. The third-order valence-corrected chi connectivity index (χ3v) is 4.15. The van der Waals surface area contributed by atoms with Crippen LogP contribution in [-0.2, 0) is 4.79 Å². The van der Waals surface area contributed by atoms with Crippen LogP contribution in [0.4, 0.5) is 5.69 Å². The molecule has 2 fully saturated rings. The molecule has 22 heavy (non-hydrogen) atoms. The predicted octanol–water partition coefficient (Wildman–Crippen LogP) is 1.37. The molecule has 1 aliphatic carbocycles. The second kappa shape index (κ2) is 5.49. The smallest absolute Gasteiger partial charge is 0.241 e. The summed E-state index contributed by atoms with van der Waals surface area (Å²) in [7, 11) is 0. The van der Waals surface area contributed by atoms with Crippen LogP contribution in [0.1, 0.15) is 31.7 Å². The summed E-state index contributed by atoms with van der Waals surface area (Å²) in [6, 6.07) is 8.04. The predicted molar refractivity (Wildman–Crippen MR) is 81.2 cm³/mol. The van der Waals surface area contributed by atoms with Crippen molar-refractivity contribution in [1.29, 1.82) is 0 Å². The van der Waals surface area contributed by atoms with E-state index < -0.39 is 0 Å². The second-order valence-electron chi connectivity index (χ2n) is 5.90. The molecule has 2 heterocycles. The van der Waals surface area contributed by atoms with Crippen molar-refractivity contribution in [2.24, 2.45) is 0 Å². The number of hydrogen-bond acceptors (Lipinski definition) is 5. The van der Waals surface area contributed by atoms with E-state index in [0.717, 1.165) is 49.3 Å². The number of nitrogens with zero attached hydrogens (tertiary/aromatic N) is 4. The summed E-state index contributed by atoms with van der Waals surface area (Å²) in [6.07, 6.45) is 4.20. The zero-order valence-electron chi connectivity index (χ0n) is 12.2. The van der Waals surface area contributed by atoms with Crippen LogP contribution in [0.2, 0.25) is 0 Å². The Balaban J connectivity index is 1.55. The summed E-state index contributed by atoms with van der Waals surface area (Å²) in [5.74, 6) is 0.786. The van der Waals surface area contributed by atoms with Crippen molar-refractivity contribution in [1.82, 2.24) is 25.5 Å². The lowest BCUT2D eigenvalue weighted by Gasteiger charge is -2.12. The fourth-order valence-electron chi connectivity index (χ4n) is 2.82. The second-order valence-corrected chi connectivity index (χ2v) is 5.90. The molecule has 1 saturated heterocycles. The maximum atomic E-state index is 12.2. The lowest BCUT2D eigenvalue weighted by Crippen LogP contribution is -2.35. The van der Waals surface area contributed by atoms with Gasteiger partial charge in [-0.15, -0.1) is 5.10 Å². The van der Waals surface area contributed by atoms with Gasteiger partial charge in [0.25, 0.3) is 0 Å². The number of rotatable bonds is 4. The first kappa shape index (κ1) is 13.4. The number of nitrogens with one attached hydrogen (secondary N) is 2. The average molecular weight is 298 g/mol. The minimum Gasteiger partial charge on any atom is -0.325 e. The molecule has 1 aromatic heterocycles. The Morgan fingerprint density at radius 3 is 3.00 bits per heavy atom. The molecule has 1 saturated carbocycles. The summed E-state index contributed by atoms with van der Waals surface area (Å²) >= 11 is 0. The van der Waals surface area contributed by atoms with Crippen LogP contribution in [0.15, 0.2) is 24.3 Å². The molecule has 1 amide bonds. The molecular formula is C15H18N6O. The zero-order chi connectivity index (χ0) is 14.9. The van der Waals surface area contributed by atoms with Gasteiger partial charge < -0.3 is 10.6 Å². The molecule has 7 heteroatoms. The molecule has 2 aromatic rings. The van der Waals surface area contributed by atoms with E-state index in [1.807, 2.05) is 28.9 Å². The molecule has 114 valence electrons. The van der Waals surface area contributed by atoms with Crippen molar-refractivity contribution >= 4 is 11.6 Å². The van der Waals surface area contributed by atoms with Crippen LogP contribution in [-0.4, -0.2) is 38.7 Å². The molecule has 0 bridgehead atoms. The SMILES string of the molecule is O=C(Nc1cccc(-c2nnnn2C2CC2)c1)C1CCCN1. The van der Waals surface area contributed by atoms with E-state index in [1.165, 1.54) is 0 Å². The van der Waals surface area contributed by atoms with E-state index in [-0.39, 0.29) is 11.9 Å². The normalized spacial score (nSPS) is 21.0. The van der Waals surface area contributed by atoms with Gasteiger partial charge in [-0.25, -0.2) is 4.68 Å². The quantitative estimate of drug-likeness (QED) is 0.890. The van der Waals surface area contributed by atoms with E-state index in [0.29, 0.717) is 6.04 Å². The van der Waals surface area contributed by atoms with Gasteiger partial charge in [-0.05, 0) is 54.8 Å². The standard InChI is InChI=1S/C15H18N6O/c22-15(13-5-2-8-16-13)17-11-4-1-3-10(9-11)14-18-19-20-21(14)12-6-7-12/h1,3-4,9,12-13,16H,2,5-8H2,(H,17,22). The maximum absolute atomic E-state index is 12.2. The van der Waals surface area contributed by atoms with E-state index in [2.05, 4.69) is 26.2 Å². The number of carbonyl (C=O) groups is 1. The third-order valence-electron chi connectivity index (χ3n) is 4.15. The van der Waals surface area contributed by atoms with Crippen LogP contribution in [0.3, 0.4) is 0 Å². The first-order valence-electron chi connectivity index (χ1n) is 7.74. The number of tetrazole rings is 1. The Bertz CT molecular complexity index is 687. The van der Waals surface area contributed by atoms with Crippen LogP contribution >= 0.6 is 0 Å². The lowest BCUT2D eigenvalue weighted by molar-refractivity contribution is -0.117. The van der Waals surface area contributed by atoms with Crippen LogP contribution in [0.5, 0.6) is 0 Å². The van der Waals surface area contributed by atoms with Crippen LogP contribution in [0, 0.1) is 0 Å². The zero-order valence-corrected chi connectivity index (χ0v) is 12.2. The minimum absolute atomic E-state index is 0.0245. The van der Waals surface area contributed by atoms with Crippen molar-refractivity contribution in [2.75, 3.05) is 11.9 Å². The van der Waals surface area contributed by atoms with E-state index >= 15 is 0 Å². The number of benzene rings is 1. The average Bonchev–Trinajstić information content (AvgIpc) is 3.05. The lowest BCUT2D eigenvalue weighted by atomic mass is 10.1. The third kappa shape index (κ3) is 2.59. The number of aromatic nitrogens is 4. The van der Waals surface area contributed by atoms with Crippen LogP contribution < -0.4 is 10.6 Å². The Morgan fingerprint density at radius 1 is 1.32 bits per heavy atom. The molecule has 0 spiro atoms.